The van der Waals surface area contributed by atoms with Gasteiger partial charge in [-0.3, -0.25) is 9.69 Å². The van der Waals surface area contributed by atoms with E-state index in [0.717, 1.165) is 66.3 Å². The van der Waals surface area contributed by atoms with E-state index in [9.17, 15) is 4.79 Å². The number of carbonyl (C=O) groups excluding carboxylic acids is 1. The highest BCUT2D eigenvalue weighted by atomic mass is 32.1. The van der Waals surface area contributed by atoms with Crippen LogP contribution in [0.2, 0.25) is 0 Å². The molecule has 7 nitrogen and oxygen atoms in total. The molecule has 2 atom stereocenters. The third-order valence-electron chi connectivity index (χ3n) is 7.19. The van der Waals surface area contributed by atoms with Crippen LogP contribution in [0, 0.1) is 6.92 Å². The molecule has 0 radical (unpaired) electrons. The van der Waals surface area contributed by atoms with Crippen LogP contribution in [0.1, 0.15) is 43.7 Å². The van der Waals surface area contributed by atoms with Crippen molar-refractivity contribution in [3.8, 4) is 0 Å². The molecule has 0 aliphatic carbocycles. The molecule has 0 saturated carbocycles. The molecule has 2 unspecified atom stereocenters. The molecule has 1 aromatic carbocycles. The summed E-state index contributed by atoms with van der Waals surface area (Å²) >= 11 is 1.64. The highest BCUT2D eigenvalue weighted by molar-refractivity contribution is 7.16. The third-order valence-corrected chi connectivity index (χ3v) is 8.01. The van der Waals surface area contributed by atoms with Crippen molar-refractivity contribution < 1.29 is 4.79 Å². The zero-order valence-corrected chi connectivity index (χ0v) is 21.1. The molecule has 4 heterocycles. The van der Waals surface area contributed by atoms with E-state index in [-0.39, 0.29) is 18.0 Å². The number of rotatable bonds is 5. The molecule has 0 bridgehead atoms. The maximum Gasteiger partial charge on any atom is 0.238 e. The minimum absolute atomic E-state index is 0.0562. The van der Waals surface area contributed by atoms with Crippen molar-refractivity contribution in [1.29, 1.82) is 0 Å². The van der Waals surface area contributed by atoms with Crippen LogP contribution < -0.4 is 15.5 Å². The van der Waals surface area contributed by atoms with E-state index >= 15 is 0 Å². The zero-order valence-electron chi connectivity index (χ0n) is 20.3. The Balaban J connectivity index is 1.24. The molecule has 2 aromatic heterocycles. The first-order valence-corrected chi connectivity index (χ1v) is 13.2. The molecule has 0 spiro atoms. The number of anilines is 2. The van der Waals surface area contributed by atoms with Gasteiger partial charge in [-0.2, -0.15) is 0 Å². The van der Waals surface area contributed by atoms with E-state index in [2.05, 4.69) is 80.8 Å². The quantitative estimate of drug-likeness (QED) is 0.577. The van der Waals surface area contributed by atoms with E-state index < -0.39 is 0 Å². The number of nitrogens with one attached hydrogen (secondary N) is 2. The number of amides is 1. The number of piperazine rings is 1. The predicted octanol–water partition coefficient (Wildman–Crippen LogP) is 4.00. The van der Waals surface area contributed by atoms with Gasteiger partial charge in [-0.15, -0.1) is 11.3 Å². The largest absolute Gasteiger partial charge is 0.348 e. The number of nitrogens with zero attached hydrogens (tertiary/aromatic N) is 4. The van der Waals surface area contributed by atoms with Gasteiger partial charge in [0.25, 0.3) is 0 Å². The van der Waals surface area contributed by atoms with Crippen LogP contribution in [0.3, 0.4) is 0 Å². The highest BCUT2D eigenvalue weighted by Crippen LogP contribution is 2.32. The predicted molar refractivity (Wildman–Crippen MR) is 140 cm³/mol. The van der Waals surface area contributed by atoms with Crippen LogP contribution in [0.25, 0.3) is 10.2 Å². The van der Waals surface area contributed by atoms with Gasteiger partial charge in [0.05, 0.1) is 11.9 Å². The molecule has 2 aliphatic rings. The van der Waals surface area contributed by atoms with Crippen molar-refractivity contribution in [3.05, 3.63) is 47.1 Å². The lowest BCUT2D eigenvalue weighted by molar-refractivity contribution is -0.117. The summed E-state index contributed by atoms with van der Waals surface area (Å²) in [4.78, 5) is 27.7. The average molecular weight is 479 g/mol. The topological polar surface area (TPSA) is 73.4 Å². The highest BCUT2D eigenvalue weighted by Gasteiger charge is 2.32. The van der Waals surface area contributed by atoms with Gasteiger partial charge in [0, 0.05) is 30.9 Å². The number of carbonyl (C=O) groups is 1. The van der Waals surface area contributed by atoms with Crippen molar-refractivity contribution >= 4 is 39.0 Å². The van der Waals surface area contributed by atoms with E-state index in [4.69, 9.17) is 0 Å². The molecular formula is C26H34N6OS. The number of hydrogen-bond donors (Lipinski definition) is 2. The fourth-order valence-electron chi connectivity index (χ4n) is 5.54. The molecule has 180 valence electrons. The molecular weight excluding hydrogens is 444 g/mol. The van der Waals surface area contributed by atoms with Crippen molar-refractivity contribution in [2.45, 2.75) is 51.6 Å². The number of aromatic nitrogens is 2. The molecule has 8 heteroatoms. The first-order valence-electron chi connectivity index (χ1n) is 12.3. The first-order chi connectivity index (χ1) is 16.5. The first kappa shape index (κ1) is 23.2. The van der Waals surface area contributed by atoms with Crippen LogP contribution >= 0.6 is 11.3 Å². The summed E-state index contributed by atoms with van der Waals surface area (Å²) in [6.45, 7) is 10.7. The number of benzene rings is 1. The van der Waals surface area contributed by atoms with Crippen LogP contribution in [-0.2, 0) is 4.79 Å². The fourth-order valence-corrected chi connectivity index (χ4v) is 6.27. The van der Waals surface area contributed by atoms with E-state index in [1.165, 1.54) is 5.56 Å². The second-order valence-corrected chi connectivity index (χ2v) is 10.7. The molecule has 3 aromatic rings. The summed E-state index contributed by atoms with van der Waals surface area (Å²) < 4.78 is 0. The Morgan fingerprint density at radius 1 is 1.15 bits per heavy atom. The van der Waals surface area contributed by atoms with Crippen LogP contribution in [0.4, 0.5) is 11.5 Å². The molecule has 2 fully saturated rings. The van der Waals surface area contributed by atoms with E-state index in [1.807, 2.05) is 0 Å². The Hall–Kier alpha value is -2.55. The number of aryl methyl sites for hydroxylation is 1. The Bertz CT molecular complexity index is 1150. The second-order valence-electron chi connectivity index (χ2n) is 9.78. The van der Waals surface area contributed by atoms with Gasteiger partial charge in [0.2, 0.25) is 5.91 Å². The van der Waals surface area contributed by atoms with Gasteiger partial charge in [-0.1, -0.05) is 12.1 Å². The standard InChI is InChI=1S/C26H34N6OS/c1-17-4-5-21(20-6-9-27-10-7-20)12-23(17)30-24(33)15-31-13-18(2)32(19(3)14-31)25-22-8-11-34-26(22)29-16-28-25/h4-5,8,11-12,16,18-20,27H,6-7,9-10,13-15H2,1-3H3,(H,30,33). The number of hydrogen-bond acceptors (Lipinski definition) is 7. The Labute approximate surface area is 205 Å². The second kappa shape index (κ2) is 9.98. The minimum atomic E-state index is 0.0562. The average Bonchev–Trinajstić information content (AvgIpc) is 3.30. The number of fused-ring (bicyclic) bond motifs is 1. The van der Waals surface area contributed by atoms with E-state index in [1.54, 1.807) is 17.7 Å². The Kier molecular flexibility index (Phi) is 6.81. The molecule has 1 amide bonds. The van der Waals surface area contributed by atoms with Crippen molar-refractivity contribution in [1.82, 2.24) is 20.2 Å². The van der Waals surface area contributed by atoms with Gasteiger partial charge in [0.15, 0.2) is 0 Å². The van der Waals surface area contributed by atoms with Gasteiger partial charge in [-0.25, -0.2) is 9.97 Å². The fraction of sp³-hybridized carbons (Fsp3) is 0.500. The van der Waals surface area contributed by atoms with Crippen molar-refractivity contribution in [3.63, 3.8) is 0 Å². The van der Waals surface area contributed by atoms with Crippen LogP contribution in [0.15, 0.2) is 36.0 Å². The summed E-state index contributed by atoms with van der Waals surface area (Å²) in [6.07, 6.45) is 3.97. The SMILES string of the molecule is Cc1ccc(C2CCNCC2)cc1NC(=O)CN1CC(C)N(c2ncnc3sccc23)C(C)C1. The summed E-state index contributed by atoms with van der Waals surface area (Å²) in [5.41, 5.74) is 3.39. The molecule has 2 saturated heterocycles. The summed E-state index contributed by atoms with van der Waals surface area (Å²) in [7, 11) is 0. The van der Waals surface area contributed by atoms with Crippen molar-refractivity contribution in [2.24, 2.45) is 0 Å². The van der Waals surface area contributed by atoms with Gasteiger partial charge < -0.3 is 15.5 Å². The van der Waals surface area contributed by atoms with Gasteiger partial charge >= 0.3 is 0 Å². The third kappa shape index (κ3) is 4.80. The smallest absolute Gasteiger partial charge is 0.238 e. The molecule has 2 N–H and O–H groups in total. The van der Waals surface area contributed by atoms with E-state index in [0.29, 0.717) is 12.5 Å². The molecule has 5 rings (SSSR count). The number of thiophene rings is 1. The minimum Gasteiger partial charge on any atom is -0.348 e. The maximum atomic E-state index is 13.0. The summed E-state index contributed by atoms with van der Waals surface area (Å²) in [6, 6.07) is 9.16. The normalized spacial score (nSPS) is 22.3. The lowest BCUT2D eigenvalue weighted by atomic mass is 9.89. The van der Waals surface area contributed by atoms with Crippen molar-refractivity contribution in [2.75, 3.05) is 42.9 Å². The Morgan fingerprint density at radius 2 is 1.91 bits per heavy atom. The zero-order chi connectivity index (χ0) is 23.7. The molecule has 34 heavy (non-hydrogen) atoms. The monoisotopic (exact) mass is 478 g/mol. The van der Waals surface area contributed by atoms with Gasteiger partial charge in [-0.05, 0) is 81.3 Å². The summed E-state index contributed by atoms with van der Waals surface area (Å²) in [5.74, 6) is 1.63. The Morgan fingerprint density at radius 3 is 2.68 bits per heavy atom. The maximum absolute atomic E-state index is 13.0. The van der Waals surface area contributed by atoms with Crippen LogP contribution in [-0.4, -0.2) is 65.6 Å². The summed E-state index contributed by atoms with van der Waals surface area (Å²) in [5, 5.41) is 9.81. The lowest BCUT2D eigenvalue weighted by Crippen LogP contribution is -2.58. The lowest BCUT2D eigenvalue weighted by Gasteiger charge is -2.45. The number of piperidine rings is 1. The van der Waals surface area contributed by atoms with Crippen LogP contribution in [0.5, 0.6) is 0 Å². The molecule has 2 aliphatic heterocycles. The van der Waals surface area contributed by atoms with Gasteiger partial charge in [0.1, 0.15) is 17.0 Å².